The Morgan fingerprint density at radius 2 is 2.09 bits per heavy atom. The molecule has 0 bridgehead atoms. The molecule has 1 aliphatic rings. The van der Waals surface area contributed by atoms with E-state index in [4.69, 9.17) is 4.74 Å². The van der Waals surface area contributed by atoms with Gasteiger partial charge in [-0.1, -0.05) is 0 Å². The first-order valence-electron chi connectivity index (χ1n) is 7.31. The molecule has 2 heterocycles. The number of aromatic nitrogens is 1. The van der Waals surface area contributed by atoms with Gasteiger partial charge in [-0.15, -0.1) is 0 Å². The number of nitrogens with one attached hydrogen (secondary N) is 1. The maximum absolute atomic E-state index is 12.7. The van der Waals surface area contributed by atoms with E-state index in [-0.39, 0.29) is 11.0 Å². The van der Waals surface area contributed by atoms with E-state index in [9.17, 15) is 8.42 Å². The van der Waals surface area contributed by atoms with Crippen molar-refractivity contribution in [3.8, 4) is 5.75 Å². The molecule has 0 fully saturated rings. The minimum atomic E-state index is -3.68. The number of sulfonamides is 1. The van der Waals surface area contributed by atoms with Gasteiger partial charge in [0.05, 0.1) is 10.6 Å². The average Bonchev–Trinajstić information content (AvgIpc) is 2.86. The summed E-state index contributed by atoms with van der Waals surface area (Å²) in [6, 6.07) is 8.34. The van der Waals surface area contributed by atoms with Gasteiger partial charge in [0.1, 0.15) is 11.9 Å². The Hall–Kier alpha value is -2.28. The fourth-order valence-corrected chi connectivity index (χ4v) is 3.71. The second-order valence-electron chi connectivity index (χ2n) is 5.78. The van der Waals surface area contributed by atoms with Gasteiger partial charge in [-0.05, 0) is 42.8 Å². The summed E-state index contributed by atoms with van der Waals surface area (Å²) in [6.07, 6.45) is 2.42. The van der Waals surface area contributed by atoms with Crippen LogP contribution in [0.5, 0.6) is 5.75 Å². The van der Waals surface area contributed by atoms with E-state index in [2.05, 4.69) is 9.71 Å². The molecule has 1 atom stereocenters. The molecule has 122 valence electrons. The van der Waals surface area contributed by atoms with Crippen molar-refractivity contribution < 1.29 is 13.2 Å². The lowest BCUT2D eigenvalue weighted by atomic mass is 10.1. The van der Waals surface area contributed by atoms with Gasteiger partial charge in [0.25, 0.3) is 10.0 Å². The zero-order valence-corrected chi connectivity index (χ0v) is 14.1. The largest absolute Gasteiger partial charge is 0.490 e. The Morgan fingerprint density at radius 1 is 1.30 bits per heavy atom. The van der Waals surface area contributed by atoms with E-state index in [1.807, 2.05) is 21.0 Å². The number of ether oxygens (including phenoxy) is 1. The lowest BCUT2D eigenvalue weighted by Crippen LogP contribution is -2.18. The van der Waals surface area contributed by atoms with Crippen LogP contribution < -0.4 is 14.4 Å². The Labute approximate surface area is 136 Å². The van der Waals surface area contributed by atoms with Gasteiger partial charge < -0.3 is 9.64 Å². The number of nitrogens with zero attached hydrogens (tertiary/aromatic N) is 2. The molecule has 0 saturated heterocycles. The van der Waals surface area contributed by atoms with E-state index < -0.39 is 10.0 Å². The van der Waals surface area contributed by atoms with Crippen molar-refractivity contribution in [1.29, 1.82) is 0 Å². The first-order valence-corrected chi connectivity index (χ1v) is 8.80. The van der Waals surface area contributed by atoms with Crippen molar-refractivity contribution >= 4 is 21.5 Å². The van der Waals surface area contributed by atoms with Crippen molar-refractivity contribution in [2.75, 3.05) is 23.7 Å². The highest BCUT2D eigenvalue weighted by atomic mass is 32.2. The van der Waals surface area contributed by atoms with E-state index in [1.54, 1.807) is 41.4 Å². The number of rotatable bonds is 4. The van der Waals surface area contributed by atoms with E-state index in [0.29, 0.717) is 17.9 Å². The quantitative estimate of drug-likeness (QED) is 0.929. The van der Waals surface area contributed by atoms with Crippen LogP contribution in [0, 0.1) is 0 Å². The predicted molar refractivity (Wildman–Crippen MR) is 89.6 cm³/mol. The van der Waals surface area contributed by atoms with Gasteiger partial charge in [0, 0.05) is 26.7 Å². The highest BCUT2D eigenvalue weighted by molar-refractivity contribution is 7.92. The van der Waals surface area contributed by atoms with Crippen LogP contribution in [0.2, 0.25) is 0 Å². The molecule has 0 saturated carbocycles. The average molecular weight is 333 g/mol. The van der Waals surface area contributed by atoms with Crippen molar-refractivity contribution in [2.45, 2.75) is 24.3 Å². The monoisotopic (exact) mass is 333 g/mol. The molecule has 0 amide bonds. The second kappa shape index (κ2) is 5.73. The van der Waals surface area contributed by atoms with Crippen molar-refractivity contribution in [3.05, 3.63) is 42.1 Å². The van der Waals surface area contributed by atoms with Crippen molar-refractivity contribution in [1.82, 2.24) is 4.98 Å². The summed E-state index contributed by atoms with van der Waals surface area (Å²) in [4.78, 5) is 6.19. The van der Waals surface area contributed by atoms with Crippen LogP contribution in [0.25, 0.3) is 0 Å². The van der Waals surface area contributed by atoms with Gasteiger partial charge in [0.2, 0.25) is 0 Å². The molecule has 7 heteroatoms. The maximum atomic E-state index is 12.7. The van der Waals surface area contributed by atoms with Crippen molar-refractivity contribution in [2.24, 2.45) is 0 Å². The van der Waals surface area contributed by atoms with Crippen LogP contribution in [0.1, 0.15) is 12.5 Å². The Morgan fingerprint density at radius 3 is 2.83 bits per heavy atom. The Bertz CT molecular complexity index is 834. The van der Waals surface area contributed by atoms with E-state index in [1.165, 1.54) is 0 Å². The zero-order chi connectivity index (χ0) is 16.6. The highest BCUT2D eigenvalue weighted by Gasteiger charge is 2.23. The molecule has 1 aromatic heterocycles. The first kappa shape index (κ1) is 15.6. The van der Waals surface area contributed by atoms with Gasteiger partial charge in [-0.2, -0.15) is 0 Å². The third kappa shape index (κ3) is 3.10. The normalized spacial score (nSPS) is 16.6. The molecule has 2 aromatic rings. The van der Waals surface area contributed by atoms with Crippen LogP contribution in [0.3, 0.4) is 0 Å². The molecule has 0 aliphatic carbocycles. The number of hydrogen-bond donors (Lipinski definition) is 1. The van der Waals surface area contributed by atoms with Crippen molar-refractivity contribution in [3.63, 3.8) is 0 Å². The van der Waals surface area contributed by atoms with Crippen LogP contribution in [-0.4, -0.2) is 33.6 Å². The second-order valence-corrected chi connectivity index (χ2v) is 7.46. The number of fused-ring (bicyclic) bond motifs is 1. The Balaban J connectivity index is 1.93. The van der Waals surface area contributed by atoms with Gasteiger partial charge >= 0.3 is 0 Å². The third-order valence-electron chi connectivity index (χ3n) is 3.63. The molecule has 6 nitrogen and oxygen atoms in total. The standard InChI is InChI=1S/C16H19N3O3S/c1-11-9-12-10-13(6-7-15(12)22-11)23(20,21)18-14-5-4-8-17-16(14)19(2)3/h4-8,10-11,18H,9H2,1-3H3. The summed E-state index contributed by atoms with van der Waals surface area (Å²) in [5.41, 5.74) is 1.36. The number of anilines is 2. The fraction of sp³-hybridized carbons (Fsp3) is 0.312. The molecule has 0 spiro atoms. The summed E-state index contributed by atoms with van der Waals surface area (Å²) in [5.74, 6) is 1.32. The number of benzene rings is 1. The minimum Gasteiger partial charge on any atom is -0.490 e. The molecule has 1 aliphatic heterocycles. The SMILES string of the molecule is CC1Cc2cc(S(=O)(=O)Nc3cccnc3N(C)C)ccc2O1. The third-order valence-corrected chi connectivity index (χ3v) is 5.00. The topological polar surface area (TPSA) is 71.5 Å². The van der Waals surface area contributed by atoms with E-state index in [0.717, 1.165) is 11.3 Å². The molecule has 1 N–H and O–H groups in total. The Kier molecular flexibility index (Phi) is 3.89. The summed E-state index contributed by atoms with van der Waals surface area (Å²) < 4.78 is 33.5. The van der Waals surface area contributed by atoms with Crippen LogP contribution in [0.4, 0.5) is 11.5 Å². The smallest absolute Gasteiger partial charge is 0.262 e. The molecular weight excluding hydrogens is 314 g/mol. The lowest BCUT2D eigenvalue weighted by molar-refractivity contribution is 0.254. The van der Waals surface area contributed by atoms with Crippen LogP contribution >= 0.6 is 0 Å². The van der Waals surface area contributed by atoms with Gasteiger partial charge in [-0.25, -0.2) is 13.4 Å². The summed E-state index contributed by atoms with van der Waals surface area (Å²) in [6.45, 7) is 1.96. The fourth-order valence-electron chi connectivity index (χ4n) is 2.60. The molecule has 1 aromatic carbocycles. The van der Waals surface area contributed by atoms with Crippen LogP contribution in [-0.2, 0) is 16.4 Å². The molecule has 23 heavy (non-hydrogen) atoms. The molecule has 0 radical (unpaired) electrons. The molecule has 1 unspecified atom stereocenters. The maximum Gasteiger partial charge on any atom is 0.262 e. The van der Waals surface area contributed by atoms with Gasteiger partial charge in [0.15, 0.2) is 5.82 Å². The highest BCUT2D eigenvalue weighted by Crippen LogP contribution is 2.32. The summed E-state index contributed by atoms with van der Waals surface area (Å²) >= 11 is 0. The summed E-state index contributed by atoms with van der Waals surface area (Å²) in [7, 11) is -0.0531. The first-order chi connectivity index (χ1) is 10.9. The minimum absolute atomic E-state index is 0.0783. The van der Waals surface area contributed by atoms with E-state index >= 15 is 0 Å². The van der Waals surface area contributed by atoms with Crippen LogP contribution in [0.15, 0.2) is 41.4 Å². The zero-order valence-electron chi connectivity index (χ0n) is 13.3. The molecule has 3 rings (SSSR count). The molecular formula is C16H19N3O3S. The number of hydrogen-bond acceptors (Lipinski definition) is 5. The summed E-state index contributed by atoms with van der Waals surface area (Å²) in [5, 5.41) is 0. The predicted octanol–water partition coefficient (Wildman–Crippen LogP) is 2.27. The van der Waals surface area contributed by atoms with Gasteiger partial charge in [-0.3, -0.25) is 4.72 Å². The lowest BCUT2D eigenvalue weighted by Gasteiger charge is -2.17. The number of pyridine rings is 1.